The lowest BCUT2D eigenvalue weighted by atomic mass is 10.1. The van der Waals surface area contributed by atoms with Crippen molar-refractivity contribution in [2.45, 2.75) is 44.7 Å². The van der Waals surface area contributed by atoms with E-state index in [0.717, 1.165) is 18.2 Å². The highest BCUT2D eigenvalue weighted by Crippen LogP contribution is 2.34. The number of aryl methyl sites for hydroxylation is 2. The minimum Gasteiger partial charge on any atom is -0.370 e. The molecule has 5 nitrogen and oxygen atoms in total. The van der Waals surface area contributed by atoms with Crippen molar-refractivity contribution in [1.29, 1.82) is 0 Å². The van der Waals surface area contributed by atoms with Gasteiger partial charge in [-0.2, -0.15) is 5.10 Å². The molecule has 1 atom stereocenters. The molecule has 3 rings (SSSR count). The first-order valence-electron chi connectivity index (χ1n) is 6.75. The van der Waals surface area contributed by atoms with Gasteiger partial charge in [0.15, 0.2) is 5.96 Å². The molecule has 2 heterocycles. The topological polar surface area (TPSA) is 59.4 Å². The number of hydrogen-bond donors (Lipinski definition) is 1. The van der Waals surface area contributed by atoms with Crippen LogP contribution < -0.4 is 5.73 Å². The summed E-state index contributed by atoms with van der Waals surface area (Å²) in [7, 11) is 1.97. The SMILES string of the molecule is Cc1nn(C)cc1C1CN=C(N)N1C1CCCC1. The van der Waals surface area contributed by atoms with E-state index < -0.39 is 0 Å². The van der Waals surface area contributed by atoms with Crippen LogP contribution in [0.5, 0.6) is 0 Å². The van der Waals surface area contributed by atoms with Crippen LogP contribution in [0.1, 0.15) is 43.0 Å². The molecule has 0 radical (unpaired) electrons. The van der Waals surface area contributed by atoms with Crippen LogP contribution in [0.25, 0.3) is 0 Å². The molecule has 1 aromatic heterocycles. The third-order valence-corrected chi connectivity index (χ3v) is 4.16. The minimum atomic E-state index is 0.293. The fourth-order valence-corrected chi connectivity index (χ4v) is 3.33. The number of nitrogens with two attached hydrogens (primary N) is 1. The Balaban J connectivity index is 1.89. The van der Waals surface area contributed by atoms with Crippen molar-refractivity contribution in [3.63, 3.8) is 0 Å². The molecule has 0 spiro atoms. The van der Waals surface area contributed by atoms with Crippen molar-refractivity contribution in [2.24, 2.45) is 17.8 Å². The second-order valence-electron chi connectivity index (χ2n) is 5.40. The first kappa shape index (κ1) is 11.6. The fourth-order valence-electron chi connectivity index (χ4n) is 3.33. The average molecular weight is 247 g/mol. The van der Waals surface area contributed by atoms with Gasteiger partial charge in [-0.25, -0.2) is 0 Å². The van der Waals surface area contributed by atoms with Crippen LogP contribution in [0.2, 0.25) is 0 Å². The largest absolute Gasteiger partial charge is 0.370 e. The zero-order chi connectivity index (χ0) is 12.7. The molecular weight excluding hydrogens is 226 g/mol. The summed E-state index contributed by atoms with van der Waals surface area (Å²) in [5, 5.41) is 4.44. The van der Waals surface area contributed by atoms with Gasteiger partial charge in [0.1, 0.15) is 0 Å². The average Bonchev–Trinajstić information content (AvgIpc) is 2.99. The zero-order valence-corrected chi connectivity index (χ0v) is 11.1. The molecular formula is C13H21N5. The van der Waals surface area contributed by atoms with E-state index in [0.29, 0.717) is 12.1 Å². The van der Waals surface area contributed by atoms with Crippen LogP contribution >= 0.6 is 0 Å². The van der Waals surface area contributed by atoms with Gasteiger partial charge >= 0.3 is 0 Å². The standard InChI is InChI=1S/C13H21N5/c1-9-11(8-17(2)16-9)12-7-15-13(14)18(12)10-5-3-4-6-10/h8,10,12H,3-7H2,1-2H3,(H2,14,15). The number of hydrogen-bond acceptors (Lipinski definition) is 4. The van der Waals surface area contributed by atoms with Gasteiger partial charge < -0.3 is 10.6 Å². The van der Waals surface area contributed by atoms with Gasteiger partial charge in [-0.05, 0) is 19.8 Å². The van der Waals surface area contributed by atoms with Crippen LogP contribution in [-0.4, -0.2) is 33.2 Å². The van der Waals surface area contributed by atoms with E-state index in [4.69, 9.17) is 5.73 Å². The number of aromatic nitrogens is 2. The maximum absolute atomic E-state index is 6.09. The quantitative estimate of drug-likeness (QED) is 0.858. The van der Waals surface area contributed by atoms with Crippen LogP contribution in [-0.2, 0) is 7.05 Å². The number of rotatable bonds is 2. The summed E-state index contributed by atoms with van der Waals surface area (Å²) in [6, 6.07) is 0.864. The Morgan fingerprint density at radius 2 is 2.06 bits per heavy atom. The van der Waals surface area contributed by atoms with Gasteiger partial charge in [-0.1, -0.05) is 12.8 Å². The third-order valence-electron chi connectivity index (χ3n) is 4.16. The van der Waals surface area contributed by atoms with E-state index in [1.807, 2.05) is 11.7 Å². The summed E-state index contributed by atoms with van der Waals surface area (Å²) < 4.78 is 1.88. The van der Waals surface area contributed by atoms with Crippen LogP contribution in [0, 0.1) is 6.92 Å². The normalized spacial score (nSPS) is 24.9. The first-order valence-corrected chi connectivity index (χ1v) is 6.75. The van der Waals surface area contributed by atoms with Crippen LogP contribution in [0.4, 0.5) is 0 Å². The van der Waals surface area contributed by atoms with Crippen molar-refractivity contribution in [1.82, 2.24) is 14.7 Å². The summed E-state index contributed by atoms with van der Waals surface area (Å²) in [6.07, 6.45) is 7.22. The molecule has 98 valence electrons. The van der Waals surface area contributed by atoms with Gasteiger partial charge in [0.25, 0.3) is 0 Å². The molecule has 1 saturated carbocycles. The van der Waals surface area contributed by atoms with E-state index in [9.17, 15) is 0 Å². The predicted molar refractivity (Wildman–Crippen MR) is 71.3 cm³/mol. The minimum absolute atomic E-state index is 0.293. The number of guanidine groups is 1. The Morgan fingerprint density at radius 1 is 1.33 bits per heavy atom. The van der Waals surface area contributed by atoms with Crippen LogP contribution in [0.15, 0.2) is 11.2 Å². The van der Waals surface area contributed by atoms with Gasteiger partial charge in [0.2, 0.25) is 0 Å². The molecule has 1 fully saturated rings. The van der Waals surface area contributed by atoms with Gasteiger partial charge in [-0.3, -0.25) is 9.67 Å². The van der Waals surface area contributed by atoms with E-state index in [1.54, 1.807) is 0 Å². The first-order chi connectivity index (χ1) is 8.66. The Morgan fingerprint density at radius 3 is 2.67 bits per heavy atom. The molecule has 0 saturated heterocycles. The monoisotopic (exact) mass is 247 g/mol. The highest BCUT2D eigenvalue weighted by atomic mass is 15.4. The van der Waals surface area contributed by atoms with Crippen molar-refractivity contribution in [2.75, 3.05) is 6.54 Å². The third kappa shape index (κ3) is 1.78. The Kier molecular flexibility index (Phi) is 2.76. The van der Waals surface area contributed by atoms with E-state index in [1.165, 1.54) is 31.2 Å². The van der Waals surface area contributed by atoms with Crippen molar-refractivity contribution < 1.29 is 0 Å². The van der Waals surface area contributed by atoms with Crippen molar-refractivity contribution in [3.8, 4) is 0 Å². The van der Waals surface area contributed by atoms with Gasteiger partial charge in [0, 0.05) is 24.8 Å². The molecule has 2 aliphatic rings. The summed E-state index contributed by atoms with van der Waals surface area (Å²) in [5.41, 5.74) is 8.46. The fraction of sp³-hybridized carbons (Fsp3) is 0.692. The molecule has 18 heavy (non-hydrogen) atoms. The number of nitrogens with zero attached hydrogens (tertiary/aromatic N) is 4. The second-order valence-corrected chi connectivity index (χ2v) is 5.40. The lowest BCUT2D eigenvalue weighted by Crippen LogP contribution is -2.42. The van der Waals surface area contributed by atoms with E-state index >= 15 is 0 Å². The molecule has 1 unspecified atom stereocenters. The Hall–Kier alpha value is -1.52. The Labute approximate surface area is 108 Å². The predicted octanol–water partition coefficient (Wildman–Crippen LogP) is 1.34. The highest BCUT2D eigenvalue weighted by Gasteiger charge is 2.35. The summed E-state index contributed by atoms with van der Waals surface area (Å²) in [6.45, 7) is 2.84. The number of aliphatic imine (C=N–C) groups is 1. The maximum Gasteiger partial charge on any atom is 0.192 e. The van der Waals surface area contributed by atoms with Crippen molar-refractivity contribution in [3.05, 3.63) is 17.5 Å². The molecule has 1 aliphatic carbocycles. The molecule has 0 aromatic carbocycles. The summed E-state index contributed by atoms with van der Waals surface area (Å²) in [4.78, 5) is 6.78. The smallest absolute Gasteiger partial charge is 0.192 e. The molecule has 1 aromatic rings. The molecule has 0 amide bonds. The van der Waals surface area contributed by atoms with E-state index in [-0.39, 0.29) is 0 Å². The summed E-state index contributed by atoms with van der Waals surface area (Å²) >= 11 is 0. The van der Waals surface area contributed by atoms with Crippen LogP contribution in [0.3, 0.4) is 0 Å². The lowest BCUT2D eigenvalue weighted by Gasteiger charge is -2.32. The lowest BCUT2D eigenvalue weighted by molar-refractivity contribution is 0.261. The van der Waals surface area contributed by atoms with Gasteiger partial charge in [0.05, 0.1) is 18.3 Å². The highest BCUT2D eigenvalue weighted by molar-refractivity contribution is 5.80. The van der Waals surface area contributed by atoms with E-state index in [2.05, 4.69) is 28.1 Å². The second kappa shape index (κ2) is 4.30. The maximum atomic E-state index is 6.09. The van der Waals surface area contributed by atoms with Crippen molar-refractivity contribution >= 4 is 5.96 Å². The summed E-state index contributed by atoms with van der Waals surface area (Å²) in [5.74, 6) is 0.718. The molecule has 1 aliphatic heterocycles. The van der Waals surface area contributed by atoms with Gasteiger partial charge in [-0.15, -0.1) is 0 Å². The molecule has 0 bridgehead atoms. The molecule has 5 heteroatoms. The zero-order valence-electron chi connectivity index (χ0n) is 11.1. The molecule has 2 N–H and O–H groups in total. The Bertz CT molecular complexity index is 470.